The molecule has 0 atom stereocenters. The van der Waals surface area contributed by atoms with Crippen molar-refractivity contribution < 1.29 is 4.74 Å². The number of anilines is 1. The number of rotatable bonds is 8. The molecule has 19 heavy (non-hydrogen) atoms. The van der Waals surface area contributed by atoms with Crippen molar-refractivity contribution in [3.05, 3.63) is 23.9 Å². The van der Waals surface area contributed by atoms with Gasteiger partial charge in [-0.25, -0.2) is 4.98 Å². The average Bonchev–Trinajstić information content (AvgIpc) is 2.44. The Hall–Kier alpha value is -1.62. The van der Waals surface area contributed by atoms with E-state index in [9.17, 15) is 0 Å². The molecule has 0 amide bonds. The maximum absolute atomic E-state index is 7.57. The SMILES string of the molecule is CCNCCN(CC)c1cc(CC(=N)OC)ccn1. The van der Waals surface area contributed by atoms with Gasteiger partial charge in [0.15, 0.2) is 5.90 Å². The van der Waals surface area contributed by atoms with Crippen molar-refractivity contribution in [1.29, 1.82) is 5.41 Å². The summed E-state index contributed by atoms with van der Waals surface area (Å²) in [5.74, 6) is 1.23. The highest BCUT2D eigenvalue weighted by Crippen LogP contribution is 2.13. The molecule has 2 N–H and O–H groups in total. The third-order valence-corrected chi connectivity index (χ3v) is 2.94. The van der Waals surface area contributed by atoms with E-state index in [1.54, 1.807) is 6.20 Å². The van der Waals surface area contributed by atoms with Crippen molar-refractivity contribution in [2.45, 2.75) is 20.3 Å². The average molecular weight is 264 g/mol. The molecule has 0 aliphatic carbocycles. The summed E-state index contributed by atoms with van der Waals surface area (Å²) in [5, 5.41) is 10.9. The van der Waals surface area contributed by atoms with Crippen molar-refractivity contribution >= 4 is 11.7 Å². The lowest BCUT2D eigenvalue weighted by Gasteiger charge is -2.22. The molecule has 0 radical (unpaired) electrons. The summed E-state index contributed by atoms with van der Waals surface area (Å²) < 4.78 is 4.90. The molecule has 0 aliphatic heterocycles. The fraction of sp³-hybridized carbons (Fsp3) is 0.571. The molecular formula is C14H24N4O. The Labute approximate surface area is 115 Å². The molecule has 0 saturated carbocycles. The molecule has 106 valence electrons. The summed E-state index contributed by atoms with van der Waals surface area (Å²) in [5.41, 5.74) is 1.05. The van der Waals surface area contributed by atoms with Crippen LogP contribution >= 0.6 is 0 Å². The van der Waals surface area contributed by atoms with Crippen molar-refractivity contribution in [3.8, 4) is 0 Å². The van der Waals surface area contributed by atoms with Gasteiger partial charge in [0.25, 0.3) is 0 Å². The standard InChI is InChI=1S/C14H24N4O/c1-4-16-8-9-18(5-2)14-11-12(6-7-17-14)10-13(15)19-3/h6-7,11,15-16H,4-5,8-10H2,1-3H3. The minimum atomic E-state index is 0.271. The fourth-order valence-electron chi connectivity index (χ4n) is 1.83. The number of ether oxygens (including phenoxy) is 1. The Morgan fingerprint density at radius 3 is 2.89 bits per heavy atom. The molecular weight excluding hydrogens is 240 g/mol. The van der Waals surface area contributed by atoms with E-state index in [1.807, 2.05) is 12.1 Å². The van der Waals surface area contributed by atoms with E-state index in [0.717, 1.165) is 37.6 Å². The fourth-order valence-corrected chi connectivity index (χ4v) is 1.83. The predicted octanol–water partition coefficient (Wildman–Crippen LogP) is 1.68. The second-order valence-corrected chi connectivity index (χ2v) is 4.26. The minimum absolute atomic E-state index is 0.271. The van der Waals surface area contributed by atoms with Gasteiger partial charge in [-0.3, -0.25) is 5.41 Å². The number of hydrogen-bond acceptors (Lipinski definition) is 5. The molecule has 0 bridgehead atoms. The highest BCUT2D eigenvalue weighted by molar-refractivity contribution is 5.75. The van der Waals surface area contributed by atoms with Crippen molar-refractivity contribution in [2.75, 3.05) is 38.2 Å². The van der Waals surface area contributed by atoms with Crippen LogP contribution in [-0.2, 0) is 11.2 Å². The lowest BCUT2D eigenvalue weighted by atomic mass is 10.2. The zero-order valence-corrected chi connectivity index (χ0v) is 12.1. The molecule has 1 aromatic rings. The molecule has 0 aliphatic rings. The van der Waals surface area contributed by atoms with E-state index in [1.165, 1.54) is 7.11 Å². The van der Waals surface area contributed by atoms with E-state index < -0.39 is 0 Å². The number of likely N-dealkylation sites (N-methyl/N-ethyl adjacent to an activating group) is 2. The van der Waals surface area contributed by atoms with Crippen LogP contribution in [-0.4, -0.2) is 44.2 Å². The van der Waals surface area contributed by atoms with Crippen LogP contribution in [0.15, 0.2) is 18.3 Å². The van der Waals surface area contributed by atoms with Gasteiger partial charge in [0.05, 0.1) is 7.11 Å². The summed E-state index contributed by atoms with van der Waals surface area (Å²) in [4.78, 5) is 6.63. The van der Waals surface area contributed by atoms with Gasteiger partial charge in [-0.2, -0.15) is 0 Å². The van der Waals surface area contributed by atoms with Gasteiger partial charge in [-0.1, -0.05) is 6.92 Å². The normalized spacial score (nSPS) is 10.3. The van der Waals surface area contributed by atoms with Crippen LogP contribution in [0.2, 0.25) is 0 Å². The molecule has 0 unspecified atom stereocenters. The topological polar surface area (TPSA) is 61.2 Å². The van der Waals surface area contributed by atoms with E-state index in [4.69, 9.17) is 10.1 Å². The smallest absolute Gasteiger partial charge is 0.184 e. The molecule has 1 aromatic heterocycles. The van der Waals surface area contributed by atoms with Crippen molar-refractivity contribution in [1.82, 2.24) is 10.3 Å². The van der Waals surface area contributed by atoms with Crippen LogP contribution in [0.5, 0.6) is 0 Å². The van der Waals surface area contributed by atoms with Gasteiger partial charge in [0, 0.05) is 32.3 Å². The second-order valence-electron chi connectivity index (χ2n) is 4.26. The summed E-state index contributed by atoms with van der Waals surface area (Å²) in [6.07, 6.45) is 2.31. The zero-order valence-electron chi connectivity index (χ0n) is 12.1. The summed E-state index contributed by atoms with van der Waals surface area (Å²) in [7, 11) is 1.53. The molecule has 0 fully saturated rings. The Morgan fingerprint density at radius 2 is 2.26 bits per heavy atom. The van der Waals surface area contributed by atoms with Gasteiger partial charge in [-0.05, 0) is 31.2 Å². The number of methoxy groups -OCH3 is 1. The molecule has 1 heterocycles. The monoisotopic (exact) mass is 264 g/mol. The second kappa shape index (κ2) is 8.48. The quantitative estimate of drug-likeness (QED) is 0.426. The maximum atomic E-state index is 7.57. The van der Waals surface area contributed by atoms with Gasteiger partial charge < -0.3 is 15.0 Å². The van der Waals surface area contributed by atoms with E-state index >= 15 is 0 Å². The van der Waals surface area contributed by atoms with Crippen LogP contribution in [0.25, 0.3) is 0 Å². The molecule has 0 spiro atoms. The molecule has 5 heteroatoms. The molecule has 0 saturated heterocycles. The van der Waals surface area contributed by atoms with E-state index in [0.29, 0.717) is 6.42 Å². The largest absolute Gasteiger partial charge is 0.484 e. The summed E-state index contributed by atoms with van der Waals surface area (Å²) >= 11 is 0. The van der Waals surface area contributed by atoms with Crippen molar-refractivity contribution in [3.63, 3.8) is 0 Å². The highest BCUT2D eigenvalue weighted by Gasteiger charge is 2.07. The zero-order chi connectivity index (χ0) is 14.1. The van der Waals surface area contributed by atoms with Gasteiger partial charge >= 0.3 is 0 Å². The number of pyridine rings is 1. The van der Waals surface area contributed by atoms with Gasteiger partial charge in [0.1, 0.15) is 5.82 Å². The number of nitrogens with zero attached hydrogens (tertiary/aromatic N) is 2. The Kier molecular flexibility index (Phi) is 6.89. The number of aromatic nitrogens is 1. The molecule has 5 nitrogen and oxygen atoms in total. The summed E-state index contributed by atoms with van der Waals surface area (Å²) in [6, 6.07) is 3.96. The first-order chi connectivity index (χ1) is 9.21. The van der Waals surface area contributed by atoms with Crippen molar-refractivity contribution in [2.24, 2.45) is 0 Å². The first kappa shape index (κ1) is 15.4. The van der Waals surface area contributed by atoms with E-state index in [2.05, 4.69) is 29.0 Å². The Bertz CT molecular complexity index is 395. The van der Waals surface area contributed by atoms with Crippen LogP contribution in [0.1, 0.15) is 19.4 Å². The van der Waals surface area contributed by atoms with E-state index in [-0.39, 0.29) is 5.90 Å². The van der Waals surface area contributed by atoms with Crippen LogP contribution in [0, 0.1) is 5.41 Å². The van der Waals surface area contributed by atoms with Crippen LogP contribution in [0.4, 0.5) is 5.82 Å². The summed E-state index contributed by atoms with van der Waals surface area (Å²) in [6.45, 7) is 8.01. The maximum Gasteiger partial charge on any atom is 0.184 e. The highest BCUT2D eigenvalue weighted by atomic mass is 16.5. The third kappa shape index (κ3) is 5.26. The Balaban J connectivity index is 2.69. The predicted molar refractivity (Wildman–Crippen MR) is 79.1 cm³/mol. The van der Waals surface area contributed by atoms with Crippen LogP contribution < -0.4 is 10.2 Å². The van der Waals surface area contributed by atoms with Gasteiger partial charge in [0.2, 0.25) is 0 Å². The lowest BCUT2D eigenvalue weighted by molar-refractivity contribution is 0.390. The molecule has 0 aromatic carbocycles. The first-order valence-electron chi connectivity index (χ1n) is 6.73. The lowest BCUT2D eigenvalue weighted by Crippen LogP contribution is -2.32. The van der Waals surface area contributed by atoms with Gasteiger partial charge in [-0.15, -0.1) is 0 Å². The first-order valence-corrected chi connectivity index (χ1v) is 6.73. The van der Waals surface area contributed by atoms with Crippen LogP contribution in [0.3, 0.4) is 0 Å². The minimum Gasteiger partial charge on any atom is -0.484 e. The molecule has 1 rings (SSSR count). The number of hydrogen-bond donors (Lipinski definition) is 2. The third-order valence-electron chi connectivity index (χ3n) is 2.94. The Morgan fingerprint density at radius 1 is 1.47 bits per heavy atom. The number of nitrogens with one attached hydrogen (secondary N) is 2.